The molecule has 0 spiro atoms. The number of hydrogen-bond acceptors (Lipinski definition) is 5. The monoisotopic (exact) mass is 355 g/mol. The highest BCUT2D eigenvalue weighted by Crippen LogP contribution is 2.29. The van der Waals surface area contributed by atoms with Gasteiger partial charge in [-0.1, -0.05) is 12.1 Å². The van der Waals surface area contributed by atoms with Gasteiger partial charge in [-0.05, 0) is 35.6 Å². The molecule has 0 radical (unpaired) electrons. The van der Waals surface area contributed by atoms with Crippen molar-refractivity contribution in [2.24, 2.45) is 0 Å². The topological polar surface area (TPSA) is 36.4 Å². The maximum atomic E-state index is 12.6. The molecule has 4 nitrogen and oxygen atoms in total. The van der Waals surface area contributed by atoms with E-state index in [9.17, 15) is 4.79 Å². The van der Waals surface area contributed by atoms with Crippen LogP contribution < -0.4 is 0 Å². The van der Waals surface area contributed by atoms with Crippen LogP contribution in [-0.4, -0.2) is 46.4 Å². The normalized spacial score (nSPS) is 18.6. The van der Waals surface area contributed by atoms with Gasteiger partial charge in [0.2, 0.25) is 0 Å². The van der Waals surface area contributed by atoms with Gasteiger partial charge in [0.15, 0.2) is 5.01 Å². The van der Waals surface area contributed by atoms with Gasteiger partial charge in [-0.25, -0.2) is 4.98 Å². The molecule has 0 aliphatic carbocycles. The van der Waals surface area contributed by atoms with Crippen molar-refractivity contribution in [2.45, 2.75) is 19.0 Å². The van der Waals surface area contributed by atoms with Gasteiger partial charge in [0.05, 0.1) is 10.2 Å². The minimum atomic E-state index is 0.0840. The summed E-state index contributed by atoms with van der Waals surface area (Å²) in [7, 11) is 0. The zero-order valence-corrected chi connectivity index (χ0v) is 14.8. The van der Waals surface area contributed by atoms with E-state index in [4.69, 9.17) is 0 Å². The highest BCUT2D eigenvalue weighted by atomic mass is 32.1. The maximum Gasteiger partial charge on any atom is 0.282 e. The van der Waals surface area contributed by atoms with Crippen molar-refractivity contribution in [2.75, 3.05) is 19.6 Å². The van der Waals surface area contributed by atoms with Crippen LogP contribution in [0.1, 0.15) is 20.2 Å². The van der Waals surface area contributed by atoms with Crippen molar-refractivity contribution in [3.05, 3.63) is 51.2 Å². The van der Waals surface area contributed by atoms with Crippen molar-refractivity contribution in [1.29, 1.82) is 0 Å². The van der Waals surface area contributed by atoms with Crippen LogP contribution in [0.15, 0.2) is 35.7 Å². The van der Waals surface area contributed by atoms with Gasteiger partial charge in [0.25, 0.3) is 5.91 Å². The number of carbonyl (C=O) groups excluding carboxylic acids is 1. The predicted molar refractivity (Wildman–Crippen MR) is 97.7 cm³/mol. The fraction of sp³-hybridized carbons (Fsp3) is 0.333. The lowest BCUT2D eigenvalue weighted by molar-refractivity contribution is 0.0221. The van der Waals surface area contributed by atoms with Crippen LogP contribution >= 0.6 is 22.7 Å². The zero-order valence-electron chi connectivity index (χ0n) is 13.1. The first-order valence-corrected chi connectivity index (χ1v) is 9.92. The highest BCUT2D eigenvalue weighted by Gasteiger charge is 2.37. The molecule has 1 fully saturated rings. The number of carbonyl (C=O) groups is 1. The van der Waals surface area contributed by atoms with E-state index in [1.165, 1.54) is 21.8 Å². The number of hydrogen-bond donors (Lipinski definition) is 0. The van der Waals surface area contributed by atoms with E-state index in [-0.39, 0.29) is 5.91 Å². The number of nitrogens with zero attached hydrogens (tertiary/aromatic N) is 3. The number of para-hydroxylation sites is 1. The van der Waals surface area contributed by atoms with Crippen LogP contribution in [0.2, 0.25) is 0 Å². The van der Waals surface area contributed by atoms with Gasteiger partial charge < -0.3 is 4.90 Å². The number of thiazole rings is 1. The molecule has 4 heterocycles. The minimum absolute atomic E-state index is 0.0840. The molecular weight excluding hydrogens is 338 g/mol. The van der Waals surface area contributed by atoms with Gasteiger partial charge in [-0.3, -0.25) is 9.69 Å². The van der Waals surface area contributed by atoms with E-state index in [1.807, 2.05) is 40.5 Å². The average Bonchev–Trinajstić information content (AvgIpc) is 3.19. The molecule has 2 aromatic heterocycles. The first-order valence-electron chi connectivity index (χ1n) is 8.22. The van der Waals surface area contributed by atoms with Crippen molar-refractivity contribution < 1.29 is 4.79 Å². The van der Waals surface area contributed by atoms with E-state index in [1.54, 1.807) is 0 Å². The second kappa shape index (κ2) is 5.65. The van der Waals surface area contributed by atoms with Gasteiger partial charge in [-0.2, -0.15) is 0 Å². The Bertz CT molecular complexity index is 877. The van der Waals surface area contributed by atoms with E-state index in [2.05, 4.69) is 21.3 Å². The van der Waals surface area contributed by atoms with Gasteiger partial charge in [-0.15, -0.1) is 22.7 Å². The molecule has 0 saturated carbocycles. The van der Waals surface area contributed by atoms with E-state index >= 15 is 0 Å². The van der Waals surface area contributed by atoms with Gasteiger partial charge in [0, 0.05) is 37.1 Å². The molecule has 1 amide bonds. The summed E-state index contributed by atoms with van der Waals surface area (Å²) in [5.74, 6) is 0.0840. The van der Waals surface area contributed by atoms with Crippen molar-refractivity contribution in [3.8, 4) is 0 Å². The summed E-state index contributed by atoms with van der Waals surface area (Å²) in [5.41, 5.74) is 2.39. The van der Waals surface area contributed by atoms with Crippen LogP contribution in [0.5, 0.6) is 0 Å². The third-order valence-electron chi connectivity index (χ3n) is 4.98. The quantitative estimate of drug-likeness (QED) is 0.708. The van der Waals surface area contributed by atoms with E-state index in [0.29, 0.717) is 11.0 Å². The summed E-state index contributed by atoms with van der Waals surface area (Å²) in [5, 5.41) is 2.81. The second-order valence-corrected chi connectivity index (χ2v) is 8.47. The van der Waals surface area contributed by atoms with E-state index in [0.717, 1.165) is 42.8 Å². The fourth-order valence-electron chi connectivity index (χ4n) is 3.53. The third-order valence-corrected chi connectivity index (χ3v) is 7.03. The molecular formula is C18H17N3OS2. The standard InChI is InChI=1S/C18H17N3OS2/c22-18(17-19-14-3-1-2-4-16(14)24-17)21-10-13(11-21)20-7-5-15-12(9-20)6-8-23-15/h1-4,6,8,13H,5,7,9-11H2. The molecule has 5 rings (SSSR count). The largest absolute Gasteiger partial charge is 0.333 e. The SMILES string of the molecule is O=C(c1nc2ccccc2s1)N1CC(N2CCc3sccc3C2)C1. The molecule has 6 heteroatoms. The first kappa shape index (κ1) is 14.6. The molecule has 122 valence electrons. The smallest absolute Gasteiger partial charge is 0.282 e. The number of likely N-dealkylation sites (tertiary alicyclic amines) is 1. The molecule has 0 bridgehead atoms. The number of aromatic nitrogens is 1. The summed E-state index contributed by atoms with van der Waals surface area (Å²) < 4.78 is 1.08. The van der Waals surface area contributed by atoms with Crippen molar-refractivity contribution >= 4 is 38.8 Å². The molecule has 0 N–H and O–H groups in total. The van der Waals surface area contributed by atoms with Crippen molar-refractivity contribution in [3.63, 3.8) is 0 Å². The summed E-state index contributed by atoms with van der Waals surface area (Å²) in [6.45, 7) is 3.80. The van der Waals surface area contributed by atoms with Crippen LogP contribution in [0.25, 0.3) is 10.2 Å². The van der Waals surface area contributed by atoms with Crippen LogP contribution in [0.4, 0.5) is 0 Å². The molecule has 0 unspecified atom stereocenters. The van der Waals surface area contributed by atoms with Crippen LogP contribution in [0, 0.1) is 0 Å². The maximum absolute atomic E-state index is 12.6. The highest BCUT2D eigenvalue weighted by molar-refractivity contribution is 7.20. The molecule has 0 atom stereocenters. The Hall–Kier alpha value is -1.76. The predicted octanol–water partition coefficient (Wildman–Crippen LogP) is 3.24. The van der Waals surface area contributed by atoms with E-state index < -0.39 is 0 Å². The van der Waals surface area contributed by atoms with Crippen LogP contribution in [-0.2, 0) is 13.0 Å². The molecule has 1 saturated heterocycles. The minimum Gasteiger partial charge on any atom is -0.333 e. The summed E-state index contributed by atoms with van der Waals surface area (Å²) in [6, 6.07) is 10.7. The Balaban J connectivity index is 1.25. The number of rotatable bonds is 2. The average molecular weight is 355 g/mol. The number of amides is 1. The Labute approximate surface area is 148 Å². The number of fused-ring (bicyclic) bond motifs is 2. The molecule has 24 heavy (non-hydrogen) atoms. The Morgan fingerprint density at radius 3 is 2.96 bits per heavy atom. The Morgan fingerprint density at radius 2 is 2.08 bits per heavy atom. The molecule has 2 aliphatic rings. The molecule has 1 aromatic carbocycles. The zero-order chi connectivity index (χ0) is 16.1. The lowest BCUT2D eigenvalue weighted by Gasteiger charge is -2.46. The Morgan fingerprint density at radius 1 is 1.21 bits per heavy atom. The molecule has 2 aliphatic heterocycles. The summed E-state index contributed by atoms with van der Waals surface area (Å²) >= 11 is 3.37. The first-order chi connectivity index (χ1) is 11.8. The number of benzene rings is 1. The second-order valence-electron chi connectivity index (χ2n) is 6.44. The number of thiophene rings is 1. The lowest BCUT2D eigenvalue weighted by Crippen LogP contribution is -2.61. The Kier molecular flexibility index (Phi) is 3.43. The fourth-order valence-corrected chi connectivity index (χ4v) is 5.36. The summed E-state index contributed by atoms with van der Waals surface area (Å²) in [4.78, 5) is 23.1. The lowest BCUT2D eigenvalue weighted by atomic mass is 10.0. The van der Waals surface area contributed by atoms with Crippen LogP contribution in [0.3, 0.4) is 0 Å². The van der Waals surface area contributed by atoms with Gasteiger partial charge >= 0.3 is 0 Å². The molecule has 3 aromatic rings. The van der Waals surface area contributed by atoms with Crippen molar-refractivity contribution in [1.82, 2.24) is 14.8 Å². The summed E-state index contributed by atoms with van der Waals surface area (Å²) in [6.07, 6.45) is 1.15. The van der Waals surface area contributed by atoms with Gasteiger partial charge in [0.1, 0.15) is 0 Å². The third kappa shape index (κ3) is 2.37.